The predicted molar refractivity (Wildman–Crippen MR) is 62.4 cm³/mol. The molecule has 0 fully saturated rings. The maximum Gasteiger partial charge on any atom is 0.416 e. The Hall–Kier alpha value is -2.76. The summed E-state index contributed by atoms with van der Waals surface area (Å²) in [6.07, 6.45) is -4.56. The van der Waals surface area contributed by atoms with Gasteiger partial charge in [0.25, 0.3) is 0 Å². The van der Waals surface area contributed by atoms with Crippen LogP contribution in [-0.4, -0.2) is 18.5 Å². The van der Waals surface area contributed by atoms with Crippen molar-refractivity contribution in [1.82, 2.24) is 5.32 Å². The largest absolute Gasteiger partial charge is 0.416 e. The van der Waals surface area contributed by atoms with E-state index in [1.165, 1.54) is 0 Å². The van der Waals surface area contributed by atoms with Crippen LogP contribution in [0.25, 0.3) is 0 Å². The molecule has 0 heterocycles. The lowest BCUT2D eigenvalue weighted by Gasteiger charge is -2.11. The van der Waals surface area contributed by atoms with Crippen molar-refractivity contribution in [2.45, 2.75) is 6.18 Å². The van der Waals surface area contributed by atoms with Gasteiger partial charge in [0.2, 0.25) is 5.91 Å². The highest BCUT2D eigenvalue weighted by molar-refractivity contribution is 5.95. The summed E-state index contributed by atoms with van der Waals surface area (Å²) < 4.78 is 37.3. The summed E-state index contributed by atoms with van der Waals surface area (Å²) in [4.78, 5) is 21.5. The standard InChI is InChI=1S/C11H9F3N4O2/c12-11(13,14)7-1-2-8(6(3-7)4-15)17-5-9(19)18-10(16)20/h1-3,17H,5H2,(H3,16,18,19,20). The van der Waals surface area contributed by atoms with Crippen LogP contribution in [-0.2, 0) is 11.0 Å². The first-order valence-corrected chi connectivity index (χ1v) is 5.18. The number of nitrogens with zero attached hydrogens (tertiary/aromatic N) is 1. The van der Waals surface area contributed by atoms with Gasteiger partial charge in [-0.3, -0.25) is 10.1 Å². The average Bonchev–Trinajstić information content (AvgIpc) is 2.34. The van der Waals surface area contributed by atoms with Crippen molar-refractivity contribution >= 4 is 17.6 Å². The third-order valence-electron chi connectivity index (χ3n) is 2.17. The number of benzene rings is 1. The molecule has 0 aliphatic heterocycles. The van der Waals surface area contributed by atoms with Gasteiger partial charge in [-0.1, -0.05) is 0 Å². The van der Waals surface area contributed by atoms with Gasteiger partial charge in [0, 0.05) is 0 Å². The second-order valence-corrected chi connectivity index (χ2v) is 3.64. The van der Waals surface area contributed by atoms with Crippen molar-refractivity contribution in [3.63, 3.8) is 0 Å². The number of nitrogens with one attached hydrogen (secondary N) is 2. The molecule has 0 aliphatic carbocycles. The molecule has 0 saturated carbocycles. The fourth-order valence-electron chi connectivity index (χ4n) is 1.32. The first-order valence-electron chi connectivity index (χ1n) is 5.18. The average molecular weight is 286 g/mol. The van der Waals surface area contributed by atoms with Crippen molar-refractivity contribution in [3.05, 3.63) is 29.3 Å². The Balaban J connectivity index is 2.85. The lowest BCUT2D eigenvalue weighted by Crippen LogP contribution is -2.38. The minimum Gasteiger partial charge on any atom is -0.375 e. The van der Waals surface area contributed by atoms with Crippen LogP contribution >= 0.6 is 0 Å². The Labute approximate surface area is 111 Å². The van der Waals surface area contributed by atoms with E-state index in [0.717, 1.165) is 12.1 Å². The summed E-state index contributed by atoms with van der Waals surface area (Å²) in [5.74, 6) is -0.777. The Bertz CT molecular complexity index is 578. The molecule has 6 nitrogen and oxygen atoms in total. The summed E-state index contributed by atoms with van der Waals surface area (Å²) in [7, 11) is 0. The van der Waals surface area contributed by atoms with Crippen molar-refractivity contribution in [3.8, 4) is 6.07 Å². The number of imide groups is 1. The van der Waals surface area contributed by atoms with Gasteiger partial charge in [-0.2, -0.15) is 18.4 Å². The van der Waals surface area contributed by atoms with Gasteiger partial charge in [0.05, 0.1) is 23.4 Å². The Morgan fingerprint density at radius 3 is 2.50 bits per heavy atom. The molecule has 9 heteroatoms. The number of nitriles is 1. The van der Waals surface area contributed by atoms with Gasteiger partial charge in [0.15, 0.2) is 0 Å². The molecule has 1 aromatic carbocycles. The number of carbonyl (C=O) groups excluding carboxylic acids is 2. The minimum atomic E-state index is -4.56. The van der Waals surface area contributed by atoms with E-state index in [2.05, 4.69) is 5.32 Å². The van der Waals surface area contributed by atoms with Crippen LogP contribution < -0.4 is 16.4 Å². The van der Waals surface area contributed by atoms with E-state index in [0.29, 0.717) is 6.07 Å². The SMILES string of the molecule is N#Cc1cc(C(F)(F)F)ccc1NCC(=O)NC(N)=O. The Morgan fingerprint density at radius 2 is 2.00 bits per heavy atom. The smallest absolute Gasteiger partial charge is 0.375 e. The van der Waals surface area contributed by atoms with E-state index >= 15 is 0 Å². The first kappa shape index (κ1) is 15.3. The van der Waals surface area contributed by atoms with Crippen LogP contribution in [0.2, 0.25) is 0 Å². The van der Waals surface area contributed by atoms with Gasteiger partial charge in [-0.25, -0.2) is 4.79 Å². The highest BCUT2D eigenvalue weighted by Gasteiger charge is 2.31. The second kappa shape index (κ2) is 5.92. The topological polar surface area (TPSA) is 108 Å². The van der Waals surface area contributed by atoms with Crippen molar-refractivity contribution in [1.29, 1.82) is 5.26 Å². The molecule has 3 amide bonds. The highest BCUT2D eigenvalue weighted by atomic mass is 19.4. The molecule has 0 unspecified atom stereocenters. The lowest BCUT2D eigenvalue weighted by atomic mass is 10.1. The van der Waals surface area contributed by atoms with E-state index in [9.17, 15) is 22.8 Å². The first-order chi connectivity index (χ1) is 9.24. The normalized spacial score (nSPS) is 10.5. The van der Waals surface area contributed by atoms with E-state index in [1.54, 1.807) is 11.4 Å². The minimum absolute atomic E-state index is 0.0418. The van der Waals surface area contributed by atoms with E-state index in [1.807, 2.05) is 0 Å². The molecular formula is C11H9F3N4O2. The monoisotopic (exact) mass is 286 g/mol. The molecule has 0 bridgehead atoms. The number of anilines is 1. The number of primary amides is 1. The number of hydrogen-bond acceptors (Lipinski definition) is 4. The molecule has 0 atom stereocenters. The van der Waals surface area contributed by atoms with Gasteiger partial charge in [0.1, 0.15) is 6.07 Å². The fourth-order valence-corrected chi connectivity index (χ4v) is 1.32. The van der Waals surface area contributed by atoms with Crippen LogP contribution in [0, 0.1) is 11.3 Å². The number of nitrogens with two attached hydrogens (primary N) is 1. The van der Waals surface area contributed by atoms with Crippen LogP contribution in [0.5, 0.6) is 0 Å². The maximum atomic E-state index is 12.4. The quantitative estimate of drug-likeness (QED) is 0.775. The summed E-state index contributed by atoms with van der Waals surface area (Å²) in [5.41, 5.74) is 3.51. The highest BCUT2D eigenvalue weighted by Crippen LogP contribution is 2.31. The molecule has 0 spiro atoms. The van der Waals surface area contributed by atoms with Crippen LogP contribution in [0.1, 0.15) is 11.1 Å². The molecule has 0 aromatic heterocycles. The summed E-state index contributed by atoms with van der Waals surface area (Å²) >= 11 is 0. The van der Waals surface area contributed by atoms with Gasteiger partial charge in [-0.05, 0) is 18.2 Å². The zero-order valence-electron chi connectivity index (χ0n) is 9.91. The summed E-state index contributed by atoms with van der Waals surface area (Å²) in [5, 5.41) is 13.0. The maximum absolute atomic E-state index is 12.4. The lowest BCUT2D eigenvalue weighted by molar-refractivity contribution is -0.137. The molecule has 1 aromatic rings. The van der Waals surface area contributed by atoms with Crippen molar-refractivity contribution in [2.24, 2.45) is 5.73 Å². The molecule has 0 aliphatic rings. The molecule has 0 saturated heterocycles. The molecule has 0 radical (unpaired) electrons. The fraction of sp³-hybridized carbons (Fsp3) is 0.182. The number of urea groups is 1. The zero-order chi connectivity index (χ0) is 15.3. The number of amides is 3. The van der Waals surface area contributed by atoms with Gasteiger partial charge < -0.3 is 11.1 Å². The van der Waals surface area contributed by atoms with Crippen LogP contribution in [0.15, 0.2) is 18.2 Å². The molecule has 4 N–H and O–H groups in total. The van der Waals surface area contributed by atoms with E-state index in [-0.39, 0.29) is 11.3 Å². The zero-order valence-corrected chi connectivity index (χ0v) is 9.91. The number of rotatable bonds is 3. The Kier molecular flexibility index (Phi) is 4.53. The number of alkyl halides is 3. The van der Waals surface area contributed by atoms with Gasteiger partial charge >= 0.3 is 12.2 Å². The molecule has 1 rings (SSSR count). The molecule has 20 heavy (non-hydrogen) atoms. The third-order valence-corrected chi connectivity index (χ3v) is 2.17. The second-order valence-electron chi connectivity index (χ2n) is 3.64. The summed E-state index contributed by atoms with van der Waals surface area (Å²) in [6, 6.07) is 3.00. The number of carbonyl (C=O) groups is 2. The van der Waals surface area contributed by atoms with E-state index < -0.39 is 30.2 Å². The van der Waals surface area contributed by atoms with Crippen molar-refractivity contribution < 1.29 is 22.8 Å². The van der Waals surface area contributed by atoms with Crippen LogP contribution in [0.3, 0.4) is 0 Å². The Morgan fingerprint density at radius 1 is 1.35 bits per heavy atom. The van der Waals surface area contributed by atoms with Crippen molar-refractivity contribution in [2.75, 3.05) is 11.9 Å². The van der Waals surface area contributed by atoms with E-state index in [4.69, 9.17) is 11.0 Å². The molecule has 106 valence electrons. The van der Waals surface area contributed by atoms with Gasteiger partial charge in [-0.15, -0.1) is 0 Å². The third kappa shape index (κ3) is 4.16. The molecular weight excluding hydrogens is 277 g/mol. The van der Waals surface area contributed by atoms with Crippen LogP contribution in [0.4, 0.5) is 23.7 Å². The summed E-state index contributed by atoms with van der Waals surface area (Å²) in [6.45, 7) is -0.414. The number of hydrogen-bond donors (Lipinski definition) is 3. The predicted octanol–water partition coefficient (Wildman–Crippen LogP) is 1.18. The number of halogens is 3.